The second kappa shape index (κ2) is 5.48. The van der Waals surface area contributed by atoms with Gasteiger partial charge in [0.2, 0.25) is 0 Å². The molecule has 0 spiro atoms. The first-order valence-corrected chi connectivity index (χ1v) is 5.98. The van der Waals surface area contributed by atoms with Crippen LogP contribution in [-0.4, -0.2) is 24.8 Å². The van der Waals surface area contributed by atoms with Gasteiger partial charge in [-0.3, -0.25) is 4.79 Å². The van der Waals surface area contributed by atoms with Crippen molar-refractivity contribution < 1.29 is 14.3 Å². The number of esters is 1. The lowest BCUT2D eigenvalue weighted by atomic mass is 9.79. The summed E-state index contributed by atoms with van der Waals surface area (Å²) in [5.74, 6) is -0.172. The molecule has 3 unspecified atom stereocenters. The monoisotopic (exact) mass is 226 g/mol. The Morgan fingerprint density at radius 2 is 2.31 bits per heavy atom. The number of carbonyl (C=O) groups is 1. The van der Waals surface area contributed by atoms with E-state index in [2.05, 4.69) is 6.58 Å². The van der Waals surface area contributed by atoms with E-state index >= 15 is 0 Å². The van der Waals surface area contributed by atoms with Gasteiger partial charge in [-0.2, -0.15) is 0 Å². The van der Waals surface area contributed by atoms with Crippen LogP contribution in [0, 0.1) is 5.41 Å². The highest BCUT2D eigenvalue weighted by atomic mass is 16.5. The molecule has 0 aromatic heterocycles. The molecule has 3 atom stereocenters. The summed E-state index contributed by atoms with van der Waals surface area (Å²) in [5, 5.41) is 0. The average Bonchev–Trinajstić information content (AvgIpc) is 2.66. The van der Waals surface area contributed by atoms with E-state index in [9.17, 15) is 4.79 Å². The zero-order chi connectivity index (χ0) is 12.2. The molecule has 92 valence electrons. The standard InChI is InChI=1S/C13H22O3/c1-5-9-13(4,12(14)15-6-2)11-8-7-10(3)16-11/h5,10-11H,1,6-9H2,2-4H3. The molecule has 0 aromatic carbocycles. The summed E-state index contributed by atoms with van der Waals surface area (Å²) in [6.45, 7) is 9.90. The van der Waals surface area contributed by atoms with Gasteiger partial charge in [0.15, 0.2) is 0 Å². The number of allylic oxidation sites excluding steroid dienone is 1. The third-order valence-electron chi connectivity index (χ3n) is 3.25. The molecule has 1 heterocycles. The molecule has 1 rings (SSSR count). The van der Waals surface area contributed by atoms with Gasteiger partial charge >= 0.3 is 5.97 Å². The molecule has 1 fully saturated rings. The van der Waals surface area contributed by atoms with Crippen molar-refractivity contribution in [1.82, 2.24) is 0 Å². The van der Waals surface area contributed by atoms with Gasteiger partial charge in [-0.15, -0.1) is 6.58 Å². The third kappa shape index (κ3) is 2.64. The second-order valence-electron chi connectivity index (χ2n) is 4.64. The summed E-state index contributed by atoms with van der Waals surface area (Å²) in [5.41, 5.74) is -0.581. The number of ether oxygens (including phenoxy) is 2. The average molecular weight is 226 g/mol. The van der Waals surface area contributed by atoms with E-state index in [1.807, 2.05) is 20.8 Å². The quantitative estimate of drug-likeness (QED) is 0.534. The van der Waals surface area contributed by atoms with Crippen LogP contribution in [0.3, 0.4) is 0 Å². The van der Waals surface area contributed by atoms with Crippen LogP contribution in [0.4, 0.5) is 0 Å². The maximum Gasteiger partial charge on any atom is 0.314 e. The van der Waals surface area contributed by atoms with Crippen molar-refractivity contribution in [2.24, 2.45) is 5.41 Å². The predicted octanol–water partition coefficient (Wildman–Crippen LogP) is 2.70. The normalized spacial score (nSPS) is 28.4. The van der Waals surface area contributed by atoms with Gasteiger partial charge in [0.1, 0.15) is 0 Å². The van der Waals surface area contributed by atoms with Crippen molar-refractivity contribution in [3.05, 3.63) is 12.7 Å². The number of carbonyl (C=O) groups excluding carboxylic acids is 1. The summed E-state index contributed by atoms with van der Waals surface area (Å²) in [7, 11) is 0. The smallest absolute Gasteiger partial charge is 0.314 e. The molecule has 0 radical (unpaired) electrons. The van der Waals surface area contributed by atoms with Gasteiger partial charge < -0.3 is 9.47 Å². The fourth-order valence-electron chi connectivity index (χ4n) is 2.21. The minimum atomic E-state index is -0.581. The number of rotatable bonds is 5. The molecule has 3 nitrogen and oxygen atoms in total. The summed E-state index contributed by atoms with van der Waals surface area (Å²) >= 11 is 0. The molecule has 1 aliphatic rings. The Bertz CT molecular complexity index is 262. The van der Waals surface area contributed by atoms with Crippen LogP contribution in [0.2, 0.25) is 0 Å². The van der Waals surface area contributed by atoms with Gasteiger partial charge in [-0.05, 0) is 40.0 Å². The van der Waals surface area contributed by atoms with E-state index in [1.54, 1.807) is 6.08 Å². The van der Waals surface area contributed by atoms with Crippen LogP contribution < -0.4 is 0 Å². The Kier molecular flexibility index (Phi) is 4.54. The zero-order valence-corrected chi connectivity index (χ0v) is 10.5. The van der Waals surface area contributed by atoms with Gasteiger partial charge in [-0.25, -0.2) is 0 Å². The van der Waals surface area contributed by atoms with E-state index in [1.165, 1.54) is 0 Å². The maximum absolute atomic E-state index is 12.0. The van der Waals surface area contributed by atoms with Crippen molar-refractivity contribution in [2.45, 2.75) is 52.2 Å². The Balaban J connectivity index is 2.78. The lowest BCUT2D eigenvalue weighted by Gasteiger charge is -2.31. The molecule has 0 amide bonds. The van der Waals surface area contributed by atoms with Crippen LogP contribution in [0.25, 0.3) is 0 Å². The SMILES string of the molecule is C=CCC(C)(C(=O)OCC)C1CCC(C)O1. The molecule has 0 bridgehead atoms. The molecule has 0 aliphatic carbocycles. The lowest BCUT2D eigenvalue weighted by Crippen LogP contribution is -2.41. The fraction of sp³-hybridized carbons (Fsp3) is 0.769. The third-order valence-corrected chi connectivity index (χ3v) is 3.25. The van der Waals surface area contributed by atoms with Gasteiger partial charge in [-0.1, -0.05) is 6.08 Å². The van der Waals surface area contributed by atoms with Crippen molar-refractivity contribution in [3.63, 3.8) is 0 Å². The molecule has 0 saturated carbocycles. The summed E-state index contributed by atoms with van der Waals surface area (Å²) in [6, 6.07) is 0. The fourth-order valence-corrected chi connectivity index (χ4v) is 2.21. The summed E-state index contributed by atoms with van der Waals surface area (Å²) < 4.78 is 10.9. The highest BCUT2D eigenvalue weighted by molar-refractivity contribution is 5.77. The van der Waals surface area contributed by atoms with E-state index in [4.69, 9.17) is 9.47 Å². The summed E-state index contributed by atoms with van der Waals surface area (Å²) in [4.78, 5) is 12.0. The molecule has 1 aliphatic heterocycles. The number of hydrogen-bond acceptors (Lipinski definition) is 3. The minimum absolute atomic E-state index is 0.0421. The van der Waals surface area contributed by atoms with E-state index in [0.29, 0.717) is 13.0 Å². The molecule has 0 N–H and O–H groups in total. The van der Waals surface area contributed by atoms with Crippen molar-refractivity contribution in [1.29, 1.82) is 0 Å². The Labute approximate surface area is 97.8 Å². The van der Waals surface area contributed by atoms with Crippen LogP contribution in [0.15, 0.2) is 12.7 Å². The van der Waals surface area contributed by atoms with Crippen LogP contribution >= 0.6 is 0 Å². The Morgan fingerprint density at radius 1 is 1.62 bits per heavy atom. The predicted molar refractivity (Wildman–Crippen MR) is 63.1 cm³/mol. The van der Waals surface area contributed by atoms with Crippen LogP contribution in [0.5, 0.6) is 0 Å². The van der Waals surface area contributed by atoms with Crippen LogP contribution in [-0.2, 0) is 14.3 Å². The first-order chi connectivity index (χ1) is 7.54. The summed E-state index contributed by atoms with van der Waals surface area (Å²) in [6.07, 6.45) is 4.50. The van der Waals surface area contributed by atoms with Crippen molar-refractivity contribution in [2.75, 3.05) is 6.61 Å². The first kappa shape index (κ1) is 13.2. The molecule has 3 heteroatoms. The molecule has 1 saturated heterocycles. The molecular weight excluding hydrogens is 204 g/mol. The van der Waals surface area contributed by atoms with Gasteiger partial charge in [0.25, 0.3) is 0 Å². The zero-order valence-electron chi connectivity index (χ0n) is 10.5. The van der Waals surface area contributed by atoms with Gasteiger partial charge in [0, 0.05) is 0 Å². The van der Waals surface area contributed by atoms with Gasteiger partial charge in [0.05, 0.1) is 24.2 Å². The van der Waals surface area contributed by atoms with Crippen molar-refractivity contribution >= 4 is 5.97 Å². The lowest BCUT2D eigenvalue weighted by molar-refractivity contribution is -0.163. The van der Waals surface area contributed by atoms with Crippen LogP contribution in [0.1, 0.15) is 40.0 Å². The highest BCUT2D eigenvalue weighted by Gasteiger charge is 2.45. The van der Waals surface area contributed by atoms with E-state index in [0.717, 1.165) is 12.8 Å². The first-order valence-electron chi connectivity index (χ1n) is 5.98. The molecular formula is C13H22O3. The van der Waals surface area contributed by atoms with E-state index in [-0.39, 0.29) is 18.2 Å². The largest absolute Gasteiger partial charge is 0.465 e. The second-order valence-corrected chi connectivity index (χ2v) is 4.64. The Hall–Kier alpha value is -0.830. The Morgan fingerprint density at radius 3 is 2.75 bits per heavy atom. The topological polar surface area (TPSA) is 35.5 Å². The van der Waals surface area contributed by atoms with Crippen molar-refractivity contribution in [3.8, 4) is 0 Å². The highest BCUT2D eigenvalue weighted by Crippen LogP contribution is 2.38. The molecule has 16 heavy (non-hydrogen) atoms. The molecule has 0 aromatic rings. The maximum atomic E-state index is 12.0. The van der Waals surface area contributed by atoms with E-state index < -0.39 is 5.41 Å². The minimum Gasteiger partial charge on any atom is -0.465 e. The number of hydrogen-bond donors (Lipinski definition) is 0.